The van der Waals surface area contributed by atoms with E-state index in [0.29, 0.717) is 5.75 Å². The summed E-state index contributed by atoms with van der Waals surface area (Å²) in [5.41, 5.74) is -0.603. The molecule has 1 saturated heterocycles. The van der Waals surface area contributed by atoms with Gasteiger partial charge in [-0.2, -0.15) is 13.2 Å². The number of carboxylic acids is 1. The molecule has 8 heteroatoms. The highest BCUT2D eigenvalue weighted by Gasteiger charge is 2.35. The second-order valence-corrected chi connectivity index (χ2v) is 5.59. The van der Waals surface area contributed by atoms with Gasteiger partial charge in [0.25, 0.3) is 0 Å². The fourth-order valence-corrected chi connectivity index (χ4v) is 3.20. The lowest BCUT2D eigenvalue weighted by molar-refractivity contribution is -0.147. The summed E-state index contributed by atoms with van der Waals surface area (Å²) in [6.07, 6.45) is -4.71. The first kappa shape index (κ1) is 15.7. The lowest BCUT2D eigenvalue weighted by Crippen LogP contribution is -2.42. The molecule has 0 bridgehead atoms. The minimum absolute atomic E-state index is 0.218. The monoisotopic (exact) mass is 319 g/mol. The summed E-state index contributed by atoms with van der Waals surface area (Å²) in [5, 5.41) is 8.99. The van der Waals surface area contributed by atoms with Gasteiger partial charge >= 0.3 is 12.1 Å². The zero-order chi connectivity index (χ0) is 15.6. The molecule has 2 rings (SSSR count). The molecule has 1 aliphatic rings. The highest BCUT2D eigenvalue weighted by atomic mass is 32.2. The standard InChI is InChI=1S/C13H12F3NO3S/c14-13(15,16)9-3-1-2-8(4-9)5-11(18)17-7-21-6-10(17)12(19)20/h1-4,10H,5-7H2,(H,19,20). The Morgan fingerprint density at radius 1 is 1.38 bits per heavy atom. The van der Waals surface area contributed by atoms with E-state index in [4.69, 9.17) is 5.11 Å². The number of hydrogen-bond donors (Lipinski definition) is 1. The number of carboxylic acid groups (broad SMARTS) is 1. The summed E-state index contributed by atoms with van der Waals surface area (Å²) in [6.45, 7) is 0. The summed E-state index contributed by atoms with van der Waals surface area (Å²) in [5.74, 6) is -1.04. The second-order valence-electron chi connectivity index (χ2n) is 4.59. The molecule has 1 N–H and O–H groups in total. The smallest absolute Gasteiger partial charge is 0.416 e. The molecule has 21 heavy (non-hydrogen) atoms. The van der Waals surface area contributed by atoms with Gasteiger partial charge in [0.2, 0.25) is 5.91 Å². The second kappa shape index (κ2) is 5.97. The third-order valence-corrected chi connectivity index (χ3v) is 4.11. The Labute approximate surface area is 122 Å². The third-order valence-electron chi connectivity index (χ3n) is 3.10. The molecule has 114 valence electrons. The van der Waals surface area contributed by atoms with Crippen LogP contribution in [0.25, 0.3) is 0 Å². The maximum atomic E-state index is 12.6. The summed E-state index contributed by atoms with van der Waals surface area (Å²) >= 11 is 1.31. The molecule has 0 radical (unpaired) electrons. The van der Waals surface area contributed by atoms with Gasteiger partial charge in [-0.25, -0.2) is 4.79 Å². The van der Waals surface area contributed by atoms with E-state index < -0.39 is 29.7 Å². The van der Waals surface area contributed by atoms with Gasteiger partial charge < -0.3 is 10.0 Å². The Morgan fingerprint density at radius 2 is 2.10 bits per heavy atom. The zero-order valence-electron chi connectivity index (χ0n) is 10.8. The van der Waals surface area contributed by atoms with Crippen molar-refractivity contribution in [2.24, 2.45) is 0 Å². The van der Waals surface area contributed by atoms with Crippen molar-refractivity contribution >= 4 is 23.6 Å². The highest BCUT2D eigenvalue weighted by molar-refractivity contribution is 7.99. The number of carbonyl (C=O) groups is 2. The number of rotatable bonds is 3. The van der Waals surface area contributed by atoms with Crippen molar-refractivity contribution in [3.8, 4) is 0 Å². The topological polar surface area (TPSA) is 57.6 Å². The Bertz CT molecular complexity index is 562. The highest BCUT2D eigenvalue weighted by Crippen LogP contribution is 2.30. The van der Waals surface area contributed by atoms with E-state index in [0.717, 1.165) is 12.1 Å². The number of hydrogen-bond acceptors (Lipinski definition) is 3. The van der Waals surface area contributed by atoms with Crippen LogP contribution in [0.4, 0.5) is 13.2 Å². The van der Waals surface area contributed by atoms with Gasteiger partial charge in [0.15, 0.2) is 0 Å². The predicted molar refractivity (Wildman–Crippen MR) is 70.7 cm³/mol. The molecule has 0 spiro atoms. The fourth-order valence-electron chi connectivity index (χ4n) is 2.03. The van der Waals surface area contributed by atoms with Crippen LogP contribution in [0.1, 0.15) is 11.1 Å². The van der Waals surface area contributed by atoms with Crippen molar-refractivity contribution in [2.45, 2.75) is 18.6 Å². The lowest BCUT2D eigenvalue weighted by atomic mass is 10.1. The summed E-state index contributed by atoms with van der Waals surface area (Å²) in [7, 11) is 0. The molecule has 1 amide bonds. The summed E-state index contributed by atoms with van der Waals surface area (Å²) < 4.78 is 37.8. The van der Waals surface area contributed by atoms with Crippen LogP contribution in [0.5, 0.6) is 0 Å². The Hall–Kier alpha value is -1.70. The number of amides is 1. The number of thioether (sulfide) groups is 1. The van der Waals surface area contributed by atoms with Gasteiger partial charge in [-0.15, -0.1) is 11.8 Å². The van der Waals surface area contributed by atoms with Crippen molar-refractivity contribution in [1.29, 1.82) is 0 Å². The maximum absolute atomic E-state index is 12.6. The summed E-state index contributed by atoms with van der Waals surface area (Å²) in [4.78, 5) is 24.2. The molecular formula is C13H12F3NO3S. The number of benzene rings is 1. The molecule has 4 nitrogen and oxygen atoms in total. The molecule has 1 aromatic carbocycles. The van der Waals surface area contributed by atoms with E-state index in [-0.39, 0.29) is 17.9 Å². The molecular weight excluding hydrogens is 307 g/mol. The van der Waals surface area contributed by atoms with Crippen LogP contribution in [0, 0.1) is 0 Å². The number of nitrogens with zero attached hydrogens (tertiary/aromatic N) is 1. The minimum Gasteiger partial charge on any atom is -0.480 e. The van der Waals surface area contributed by atoms with E-state index >= 15 is 0 Å². The normalized spacial score (nSPS) is 18.8. The molecule has 1 fully saturated rings. The van der Waals surface area contributed by atoms with Crippen molar-refractivity contribution in [3.63, 3.8) is 0 Å². The van der Waals surface area contributed by atoms with Crippen molar-refractivity contribution in [1.82, 2.24) is 4.90 Å². The molecule has 1 aliphatic heterocycles. The maximum Gasteiger partial charge on any atom is 0.416 e. The Balaban J connectivity index is 2.11. The SMILES string of the molecule is O=C(O)C1CSCN1C(=O)Cc1cccc(C(F)(F)F)c1. The largest absolute Gasteiger partial charge is 0.480 e. The lowest BCUT2D eigenvalue weighted by Gasteiger charge is -2.20. The minimum atomic E-state index is -4.47. The molecule has 1 unspecified atom stereocenters. The summed E-state index contributed by atoms with van der Waals surface area (Å²) in [6, 6.07) is 3.59. The first-order valence-electron chi connectivity index (χ1n) is 6.05. The van der Waals surface area contributed by atoms with E-state index in [2.05, 4.69) is 0 Å². The molecule has 0 saturated carbocycles. The first-order chi connectivity index (χ1) is 9.79. The average molecular weight is 319 g/mol. The van der Waals surface area contributed by atoms with E-state index in [1.165, 1.54) is 28.8 Å². The van der Waals surface area contributed by atoms with Gasteiger partial charge in [0.05, 0.1) is 17.9 Å². The number of alkyl halides is 3. The van der Waals surface area contributed by atoms with E-state index in [1.807, 2.05) is 0 Å². The number of aliphatic carboxylic acids is 1. The van der Waals surface area contributed by atoms with Crippen LogP contribution in [-0.2, 0) is 22.2 Å². The van der Waals surface area contributed by atoms with E-state index in [1.54, 1.807) is 0 Å². The zero-order valence-corrected chi connectivity index (χ0v) is 11.6. The quantitative estimate of drug-likeness (QED) is 0.928. The van der Waals surface area contributed by atoms with Gasteiger partial charge in [-0.3, -0.25) is 4.79 Å². The Morgan fingerprint density at radius 3 is 2.71 bits per heavy atom. The van der Waals surface area contributed by atoms with Crippen LogP contribution in [0.15, 0.2) is 24.3 Å². The van der Waals surface area contributed by atoms with Crippen LogP contribution in [0.2, 0.25) is 0 Å². The van der Waals surface area contributed by atoms with Gasteiger partial charge in [0.1, 0.15) is 6.04 Å². The predicted octanol–water partition coefficient (Wildman–Crippen LogP) is 2.23. The van der Waals surface area contributed by atoms with Crippen molar-refractivity contribution in [2.75, 3.05) is 11.6 Å². The fraction of sp³-hybridized carbons (Fsp3) is 0.385. The molecule has 1 heterocycles. The first-order valence-corrected chi connectivity index (χ1v) is 7.20. The third kappa shape index (κ3) is 3.69. The van der Waals surface area contributed by atoms with Crippen LogP contribution in [0.3, 0.4) is 0 Å². The van der Waals surface area contributed by atoms with Crippen molar-refractivity contribution < 1.29 is 27.9 Å². The molecule has 1 aromatic rings. The number of carbonyl (C=O) groups excluding carboxylic acids is 1. The van der Waals surface area contributed by atoms with Crippen molar-refractivity contribution in [3.05, 3.63) is 35.4 Å². The molecule has 0 aliphatic carbocycles. The van der Waals surface area contributed by atoms with E-state index in [9.17, 15) is 22.8 Å². The Kier molecular flexibility index (Phi) is 4.46. The number of halogens is 3. The molecule has 0 aromatic heterocycles. The van der Waals surface area contributed by atoms with Gasteiger partial charge in [-0.05, 0) is 11.6 Å². The molecule has 1 atom stereocenters. The van der Waals surface area contributed by atoms with Crippen LogP contribution in [-0.4, -0.2) is 39.6 Å². The van der Waals surface area contributed by atoms with Crippen LogP contribution >= 0.6 is 11.8 Å². The van der Waals surface area contributed by atoms with Crippen LogP contribution < -0.4 is 0 Å². The average Bonchev–Trinajstić information content (AvgIpc) is 2.87. The van der Waals surface area contributed by atoms with Gasteiger partial charge in [-0.1, -0.05) is 18.2 Å². The van der Waals surface area contributed by atoms with Gasteiger partial charge in [0, 0.05) is 5.75 Å².